The minimum absolute atomic E-state index is 0.180. The van der Waals surface area contributed by atoms with Gasteiger partial charge in [0.25, 0.3) is 5.91 Å². The van der Waals surface area contributed by atoms with Gasteiger partial charge in [0.15, 0.2) is 0 Å². The maximum Gasteiger partial charge on any atom is 0.315 e. The fourth-order valence-corrected chi connectivity index (χ4v) is 4.39. The number of benzene rings is 3. The second kappa shape index (κ2) is 13.9. The van der Waals surface area contributed by atoms with E-state index < -0.39 is 48.2 Å². The Hall–Kier alpha value is -4.99. The number of hydrogen-bond donors (Lipinski definition) is 5. The number of Topliss-reactive ketones (excluding diaryl/α,β-unsaturated/α-hetero) is 1. The second-order valence-corrected chi connectivity index (χ2v) is 9.86. The van der Waals surface area contributed by atoms with Crippen LogP contribution in [0.15, 0.2) is 78.9 Å². The Labute approximate surface area is 238 Å². The smallest absolute Gasteiger partial charge is 0.315 e. The highest BCUT2D eigenvalue weighted by Crippen LogP contribution is 2.22. The zero-order chi connectivity index (χ0) is 29.2. The molecule has 3 aromatic carbocycles. The molecule has 2 atom stereocenters. The zero-order valence-electron chi connectivity index (χ0n) is 22.7. The quantitative estimate of drug-likeness (QED) is 0.295. The summed E-state index contributed by atoms with van der Waals surface area (Å²) in [4.78, 5) is 63.0. The summed E-state index contributed by atoms with van der Waals surface area (Å²) in [5.74, 6) is -2.80. The molecule has 5 N–H and O–H groups in total. The summed E-state index contributed by atoms with van der Waals surface area (Å²) in [6.07, 6.45) is 0.689. The molecule has 4 bridgehead atoms. The Morgan fingerprint density at radius 3 is 2.24 bits per heavy atom. The van der Waals surface area contributed by atoms with E-state index in [1.165, 1.54) is 6.92 Å². The average molecular weight is 556 g/mol. The summed E-state index contributed by atoms with van der Waals surface area (Å²) in [6.45, 7) is 1.44. The first-order valence-corrected chi connectivity index (χ1v) is 13.4. The average Bonchev–Trinajstić information content (AvgIpc) is 2.99. The third-order valence-corrected chi connectivity index (χ3v) is 6.71. The lowest BCUT2D eigenvalue weighted by Gasteiger charge is -2.22. The van der Waals surface area contributed by atoms with Crippen LogP contribution in [0.25, 0.3) is 11.1 Å². The monoisotopic (exact) mass is 555 g/mol. The van der Waals surface area contributed by atoms with Crippen LogP contribution >= 0.6 is 0 Å². The Bertz CT molecular complexity index is 1430. The van der Waals surface area contributed by atoms with Crippen molar-refractivity contribution in [2.45, 2.75) is 44.9 Å². The summed E-state index contributed by atoms with van der Waals surface area (Å²) in [7, 11) is 0. The van der Waals surface area contributed by atoms with Gasteiger partial charge in [-0.1, -0.05) is 72.8 Å². The maximum atomic E-state index is 13.1. The molecular formula is C31H33N5O5. The van der Waals surface area contributed by atoms with Crippen molar-refractivity contribution in [3.05, 3.63) is 95.6 Å². The molecule has 212 valence electrons. The Morgan fingerprint density at radius 1 is 0.829 bits per heavy atom. The van der Waals surface area contributed by atoms with Gasteiger partial charge < -0.3 is 26.6 Å². The number of amides is 5. The fraction of sp³-hybridized carbons (Fsp3) is 0.258. The highest BCUT2D eigenvalue weighted by atomic mass is 16.2. The molecule has 0 saturated heterocycles. The highest BCUT2D eigenvalue weighted by molar-refractivity contribution is 6.37. The number of hydrogen-bond acceptors (Lipinski definition) is 5. The molecule has 0 fully saturated rings. The van der Waals surface area contributed by atoms with E-state index in [2.05, 4.69) is 26.6 Å². The van der Waals surface area contributed by atoms with Crippen LogP contribution in [-0.4, -0.2) is 48.2 Å². The van der Waals surface area contributed by atoms with Gasteiger partial charge in [0.2, 0.25) is 17.6 Å². The van der Waals surface area contributed by atoms with Crippen molar-refractivity contribution in [3.63, 3.8) is 0 Å². The number of urea groups is 1. The number of carbonyl (C=O) groups excluding carboxylic acids is 5. The molecule has 1 heterocycles. The SMILES string of the molecule is C[C@@H]1NC(=O)NCc2cccc(c2)-c2cccc(c2)CCC(C(=O)NCC(=O)C(=O)NCc2ccccc2)NC1=O. The van der Waals surface area contributed by atoms with Gasteiger partial charge in [0.1, 0.15) is 12.1 Å². The van der Waals surface area contributed by atoms with Crippen LogP contribution in [0.1, 0.15) is 30.0 Å². The van der Waals surface area contributed by atoms with Gasteiger partial charge in [-0.15, -0.1) is 0 Å². The maximum absolute atomic E-state index is 13.1. The first-order chi connectivity index (χ1) is 19.8. The predicted octanol–water partition coefficient (Wildman–Crippen LogP) is 1.97. The highest BCUT2D eigenvalue weighted by Gasteiger charge is 2.25. The van der Waals surface area contributed by atoms with Gasteiger partial charge in [-0.3, -0.25) is 19.2 Å². The zero-order valence-corrected chi connectivity index (χ0v) is 22.7. The standard InChI is InChI=1S/C31H33N5O5/c1-20-28(38)36-26(29(39)33-19-27(37)30(40)32-17-22-7-3-2-4-8-22)14-13-21-9-5-11-24(15-21)25-12-6-10-23(16-25)18-34-31(41)35-20/h2-12,15-16,20,26H,13-14,17-19H2,1H3,(H,32,40)(H,33,39)(H,36,38)(H2,34,35,41)/t20-,26?/m0/s1. The summed E-state index contributed by atoms with van der Waals surface area (Å²) < 4.78 is 0. The molecule has 1 aliphatic heterocycles. The Morgan fingerprint density at radius 2 is 1.51 bits per heavy atom. The molecule has 1 aliphatic rings. The van der Waals surface area contributed by atoms with Crippen molar-refractivity contribution >= 4 is 29.5 Å². The molecule has 0 radical (unpaired) electrons. The van der Waals surface area contributed by atoms with Crippen LogP contribution in [0.5, 0.6) is 0 Å². The van der Waals surface area contributed by atoms with Gasteiger partial charge >= 0.3 is 6.03 Å². The summed E-state index contributed by atoms with van der Waals surface area (Å²) in [5, 5.41) is 13.0. The summed E-state index contributed by atoms with van der Waals surface area (Å²) in [6, 6.07) is 22.3. The Kier molecular flexibility index (Phi) is 9.82. The third-order valence-electron chi connectivity index (χ3n) is 6.71. The van der Waals surface area contributed by atoms with E-state index >= 15 is 0 Å². The lowest BCUT2D eigenvalue weighted by atomic mass is 9.98. The number of carbonyl (C=O) groups is 5. The molecule has 41 heavy (non-hydrogen) atoms. The van der Waals surface area contributed by atoms with Crippen molar-refractivity contribution in [1.29, 1.82) is 0 Å². The number of aryl methyl sites for hydroxylation is 1. The van der Waals surface area contributed by atoms with E-state index in [0.29, 0.717) is 6.42 Å². The molecule has 1 unspecified atom stereocenters. The molecule has 0 spiro atoms. The lowest BCUT2D eigenvalue weighted by molar-refractivity contribution is -0.138. The fourth-order valence-electron chi connectivity index (χ4n) is 4.39. The van der Waals surface area contributed by atoms with E-state index in [9.17, 15) is 24.0 Å². The molecule has 0 aromatic heterocycles. The molecule has 0 saturated carbocycles. The molecule has 3 aromatic rings. The van der Waals surface area contributed by atoms with Gasteiger partial charge in [0.05, 0.1) is 6.54 Å². The van der Waals surface area contributed by atoms with Gasteiger partial charge in [0, 0.05) is 13.1 Å². The summed E-state index contributed by atoms with van der Waals surface area (Å²) >= 11 is 0. The molecule has 4 rings (SSSR count). The van der Waals surface area contributed by atoms with Crippen molar-refractivity contribution in [2.75, 3.05) is 6.54 Å². The topological polar surface area (TPSA) is 146 Å². The molecule has 10 nitrogen and oxygen atoms in total. The van der Waals surface area contributed by atoms with Crippen molar-refractivity contribution < 1.29 is 24.0 Å². The van der Waals surface area contributed by atoms with E-state index in [1.807, 2.05) is 78.9 Å². The predicted molar refractivity (Wildman–Crippen MR) is 153 cm³/mol. The summed E-state index contributed by atoms with van der Waals surface area (Å²) in [5.41, 5.74) is 4.67. The van der Waals surface area contributed by atoms with Crippen molar-refractivity contribution in [1.82, 2.24) is 26.6 Å². The van der Waals surface area contributed by atoms with Gasteiger partial charge in [-0.2, -0.15) is 0 Å². The molecule has 0 aliphatic carbocycles. The minimum atomic E-state index is -1.00. The number of rotatable bonds is 6. The van der Waals surface area contributed by atoms with E-state index in [1.54, 1.807) is 0 Å². The number of nitrogens with one attached hydrogen (secondary N) is 5. The molecular weight excluding hydrogens is 522 g/mol. The number of ketones is 1. The van der Waals surface area contributed by atoms with Crippen LogP contribution in [-0.2, 0) is 38.7 Å². The third kappa shape index (κ3) is 8.50. The van der Waals surface area contributed by atoms with Crippen LogP contribution in [0.4, 0.5) is 4.79 Å². The number of fused-ring (bicyclic) bond motifs is 5. The minimum Gasteiger partial charge on any atom is -0.347 e. The van der Waals surface area contributed by atoms with E-state index in [-0.39, 0.29) is 19.5 Å². The van der Waals surface area contributed by atoms with Crippen LogP contribution in [0.2, 0.25) is 0 Å². The van der Waals surface area contributed by atoms with E-state index in [4.69, 9.17) is 0 Å². The first kappa shape index (κ1) is 29.0. The van der Waals surface area contributed by atoms with Crippen LogP contribution < -0.4 is 26.6 Å². The molecule has 10 heteroatoms. The molecule has 5 amide bonds. The van der Waals surface area contributed by atoms with Gasteiger partial charge in [-0.05, 0) is 53.6 Å². The van der Waals surface area contributed by atoms with Crippen LogP contribution in [0.3, 0.4) is 0 Å². The lowest BCUT2D eigenvalue weighted by Crippen LogP contribution is -2.54. The second-order valence-electron chi connectivity index (χ2n) is 9.86. The Balaban J connectivity index is 1.45. The van der Waals surface area contributed by atoms with Crippen LogP contribution in [0, 0.1) is 0 Å². The van der Waals surface area contributed by atoms with E-state index in [0.717, 1.165) is 27.8 Å². The first-order valence-electron chi connectivity index (χ1n) is 13.4. The largest absolute Gasteiger partial charge is 0.347 e. The van der Waals surface area contributed by atoms with Crippen molar-refractivity contribution in [2.24, 2.45) is 0 Å². The normalized spacial score (nSPS) is 17.3. The van der Waals surface area contributed by atoms with Gasteiger partial charge in [-0.25, -0.2) is 4.79 Å². The van der Waals surface area contributed by atoms with Crippen molar-refractivity contribution in [3.8, 4) is 11.1 Å².